The molecule has 0 amide bonds. The van der Waals surface area contributed by atoms with Crippen molar-refractivity contribution in [3.63, 3.8) is 0 Å². The molecular weight excluding hydrogens is 244 g/mol. The quantitative estimate of drug-likeness (QED) is 0.522. The lowest BCUT2D eigenvalue weighted by Gasteiger charge is -2.25. The van der Waals surface area contributed by atoms with E-state index >= 15 is 0 Å². The molecule has 1 unspecified atom stereocenters. The highest BCUT2D eigenvalue weighted by Crippen LogP contribution is 2.18. The van der Waals surface area contributed by atoms with E-state index in [0.29, 0.717) is 0 Å². The first-order valence-electron chi connectivity index (χ1n) is 5.47. The second-order valence-corrected chi connectivity index (χ2v) is 7.98. The SMILES string of the molecule is CC(=O)OSC(C)[SiH](OC(C)C)OC(C)C. The Morgan fingerprint density at radius 3 is 1.81 bits per heavy atom. The van der Waals surface area contributed by atoms with E-state index in [1.165, 1.54) is 6.92 Å². The minimum atomic E-state index is -1.82. The van der Waals surface area contributed by atoms with Crippen LogP contribution in [0.3, 0.4) is 0 Å². The average Bonchev–Trinajstić information content (AvgIpc) is 2.11. The maximum atomic E-state index is 10.7. The second-order valence-electron chi connectivity index (χ2n) is 4.11. The predicted octanol–water partition coefficient (Wildman–Crippen LogP) is 2.20. The van der Waals surface area contributed by atoms with Crippen LogP contribution in [-0.2, 0) is 17.8 Å². The zero-order valence-corrected chi connectivity index (χ0v) is 12.8. The lowest BCUT2D eigenvalue weighted by Crippen LogP contribution is -2.38. The third-order valence-corrected chi connectivity index (χ3v) is 5.54. The van der Waals surface area contributed by atoms with Gasteiger partial charge in [0.15, 0.2) is 0 Å². The van der Waals surface area contributed by atoms with Crippen LogP contribution in [0, 0.1) is 0 Å². The Hall–Kier alpha value is -0.0431. The highest BCUT2D eigenvalue weighted by Gasteiger charge is 2.27. The van der Waals surface area contributed by atoms with Gasteiger partial charge in [-0.25, -0.2) is 0 Å². The molecule has 0 saturated heterocycles. The number of hydrogen-bond donors (Lipinski definition) is 0. The molecule has 0 radical (unpaired) electrons. The predicted molar refractivity (Wildman–Crippen MR) is 68.4 cm³/mol. The Kier molecular flexibility index (Phi) is 8.09. The second kappa shape index (κ2) is 8.11. The van der Waals surface area contributed by atoms with Gasteiger partial charge in [0.05, 0.1) is 16.9 Å². The summed E-state index contributed by atoms with van der Waals surface area (Å²) < 4.78 is 16.4. The molecule has 0 aliphatic rings. The van der Waals surface area contributed by atoms with Crippen molar-refractivity contribution in [2.45, 2.75) is 58.6 Å². The van der Waals surface area contributed by atoms with Gasteiger partial charge in [0.2, 0.25) is 0 Å². The van der Waals surface area contributed by atoms with E-state index < -0.39 is 9.28 Å². The molecule has 0 aliphatic carbocycles. The molecule has 0 aromatic rings. The van der Waals surface area contributed by atoms with E-state index in [0.717, 1.165) is 12.0 Å². The van der Waals surface area contributed by atoms with Crippen LogP contribution in [0.1, 0.15) is 41.5 Å². The van der Waals surface area contributed by atoms with Crippen LogP contribution in [-0.4, -0.2) is 32.3 Å². The van der Waals surface area contributed by atoms with Crippen molar-refractivity contribution in [1.82, 2.24) is 0 Å². The molecule has 0 fully saturated rings. The summed E-state index contributed by atoms with van der Waals surface area (Å²) in [5.74, 6) is -0.293. The number of rotatable bonds is 7. The summed E-state index contributed by atoms with van der Waals surface area (Å²) in [6, 6.07) is 0. The Labute approximate surface area is 104 Å². The molecule has 0 heterocycles. The molecule has 0 aromatic carbocycles. The van der Waals surface area contributed by atoms with Crippen molar-refractivity contribution in [3.8, 4) is 0 Å². The molecule has 16 heavy (non-hydrogen) atoms. The molecule has 0 spiro atoms. The minimum Gasteiger partial charge on any atom is -0.393 e. The maximum Gasteiger partial charge on any atom is 0.338 e. The van der Waals surface area contributed by atoms with Gasteiger partial charge in [-0.15, -0.1) is 0 Å². The van der Waals surface area contributed by atoms with Gasteiger partial charge in [0, 0.05) is 19.1 Å². The molecule has 0 N–H and O–H groups in total. The zero-order valence-electron chi connectivity index (χ0n) is 10.9. The van der Waals surface area contributed by atoms with Gasteiger partial charge in [-0.2, -0.15) is 0 Å². The highest BCUT2D eigenvalue weighted by molar-refractivity contribution is 7.97. The largest absolute Gasteiger partial charge is 0.393 e. The molecule has 0 saturated carbocycles. The van der Waals surface area contributed by atoms with Gasteiger partial charge in [-0.3, -0.25) is 4.79 Å². The molecule has 6 heteroatoms. The Morgan fingerprint density at radius 2 is 1.50 bits per heavy atom. The van der Waals surface area contributed by atoms with Gasteiger partial charge in [0.1, 0.15) is 0 Å². The first-order valence-corrected chi connectivity index (χ1v) is 7.89. The van der Waals surface area contributed by atoms with Gasteiger partial charge in [-0.1, -0.05) is 0 Å². The minimum absolute atomic E-state index is 0.0775. The third-order valence-electron chi connectivity index (χ3n) is 1.51. The molecule has 0 rings (SSSR count). The fraction of sp³-hybridized carbons (Fsp3) is 0.900. The molecule has 1 atom stereocenters. The Morgan fingerprint density at radius 1 is 1.06 bits per heavy atom. The summed E-state index contributed by atoms with van der Waals surface area (Å²) in [4.78, 5) is 10.8. The van der Waals surface area contributed by atoms with Crippen LogP contribution in [0.2, 0.25) is 0 Å². The smallest absolute Gasteiger partial charge is 0.338 e. The van der Waals surface area contributed by atoms with Crippen molar-refractivity contribution in [1.29, 1.82) is 0 Å². The topological polar surface area (TPSA) is 44.8 Å². The van der Waals surface area contributed by atoms with Crippen LogP contribution in [0.4, 0.5) is 0 Å². The van der Waals surface area contributed by atoms with Crippen LogP contribution < -0.4 is 0 Å². The Bertz CT molecular complexity index is 201. The van der Waals surface area contributed by atoms with Crippen molar-refractivity contribution in [2.75, 3.05) is 0 Å². The summed E-state index contributed by atoms with van der Waals surface area (Å²) in [5.41, 5.74) is 0. The van der Waals surface area contributed by atoms with E-state index in [4.69, 9.17) is 13.0 Å². The summed E-state index contributed by atoms with van der Waals surface area (Å²) in [5, 5.41) is 0. The maximum absolute atomic E-state index is 10.7. The molecule has 0 aromatic heterocycles. The molecule has 0 bridgehead atoms. The van der Waals surface area contributed by atoms with E-state index in [-0.39, 0.29) is 23.1 Å². The van der Waals surface area contributed by atoms with E-state index in [1.54, 1.807) is 0 Å². The lowest BCUT2D eigenvalue weighted by atomic mass is 10.5. The molecular formula is C10H22O4SSi. The van der Waals surface area contributed by atoms with Crippen molar-refractivity contribution >= 4 is 27.3 Å². The normalized spacial score (nSPS) is 13.6. The van der Waals surface area contributed by atoms with Crippen LogP contribution >= 0.6 is 12.0 Å². The van der Waals surface area contributed by atoms with Crippen molar-refractivity contribution in [3.05, 3.63) is 0 Å². The molecule has 96 valence electrons. The van der Waals surface area contributed by atoms with Gasteiger partial charge in [0.25, 0.3) is 0 Å². The first-order chi connectivity index (χ1) is 7.32. The van der Waals surface area contributed by atoms with Crippen LogP contribution in [0.5, 0.6) is 0 Å². The average molecular weight is 266 g/mol. The van der Waals surface area contributed by atoms with Gasteiger partial charge >= 0.3 is 15.3 Å². The third kappa shape index (κ3) is 8.15. The van der Waals surface area contributed by atoms with Gasteiger partial charge < -0.3 is 13.0 Å². The lowest BCUT2D eigenvalue weighted by molar-refractivity contribution is -0.130. The Balaban J connectivity index is 4.19. The van der Waals surface area contributed by atoms with E-state index in [1.807, 2.05) is 34.6 Å². The summed E-state index contributed by atoms with van der Waals surface area (Å²) in [6.07, 6.45) is 0.270. The monoisotopic (exact) mass is 266 g/mol. The fourth-order valence-corrected chi connectivity index (χ4v) is 3.76. The summed E-state index contributed by atoms with van der Waals surface area (Å²) in [6.45, 7) is 11.3. The number of carbonyl (C=O) groups is 1. The highest BCUT2D eigenvalue weighted by atomic mass is 32.2. The number of carbonyl (C=O) groups excluding carboxylic acids is 1. The van der Waals surface area contributed by atoms with Crippen molar-refractivity contribution < 1.29 is 17.8 Å². The van der Waals surface area contributed by atoms with Crippen molar-refractivity contribution in [2.24, 2.45) is 0 Å². The van der Waals surface area contributed by atoms with Crippen LogP contribution in [0.15, 0.2) is 0 Å². The number of hydrogen-bond acceptors (Lipinski definition) is 5. The first kappa shape index (κ1) is 16.0. The summed E-state index contributed by atoms with van der Waals surface area (Å²) in [7, 11) is -1.82. The van der Waals surface area contributed by atoms with E-state index in [9.17, 15) is 4.79 Å². The zero-order chi connectivity index (χ0) is 12.7. The van der Waals surface area contributed by atoms with Gasteiger partial charge in [-0.05, 0) is 34.6 Å². The fourth-order valence-electron chi connectivity index (χ4n) is 0.979. The standard InChI is InChI=1S/C10H22O4SSi/c1-7(2)13-16(14-8(3)4)10(6)15-12-9(5)11/h7-8,10,16H,1-6H3. The van der Waals surface area contributed by atoms with Crippen LogP contribution in [0.25, 0.3) is 0 Å². The molecule has 4 nitrogen and oxygen atoms in total. The summed E-state index contributed by atoms with van der Waals surface area (Å²) >= 11 is 1.14. The van der Waals surface area contributed by atoms with E-state index in [2.05, 4.69) is 0 Å². The molecule has 0 aliphatic heterocycles.